The number of piperazine rings is 1. The SMILES string of the molecule is O=C(Nc1ccccc1)C1CCN(C(=O)CN2CCN(Cc3ccc4c(c3)CCO4)CC2)CC1. The summed E-state index contributed by atoms with van der Waals surface area (Å²) in [6.07, 6.45) is 2.46. The molecule has 3 aliphatic rings. The number of para-hydroxylation sites is 1. The van der Waals surface area contributed by atoms with E-state index in [4.69, 9.17) is 4.74 Å². The van der Waals surface area contributed by atoms with Gasteiger partial charge in [0.05, 0.1) is 13.2 Å². The molecule has 2 fully saturated rings. The fraction of sp³-hybridized carbons (Fsp3) is 0.481. The van der Waals surface area contributed by atoms with E-state index >= 15 is 0 Å². The maximum Gasteiger partial charge on any atom is 0.236 e. The number of anilines is 1. The molecule has 0 aromatic heterocycles. The summed E-state index contributed by atoms with van der Waals surface area (Å²) < 4.78 is 5.61. The van der Waals surface area contributed by atoms with Crippen molar-refractivity contribution < 1.29 is 14.3 Å². The van der Waals surface area contributed by atoms with Gasteiger partial charge in [-0.2, -0.15) is 0 Å². The fourth-order valence-corrected chi connectivity index (χ4v) is 5.15. The Bertz CT molecular complexity index is 996. The van der Waals surface area contributed by atoms with E-state index in [2.05, 4.69) is 33.3 Å². The van der Waals surface area contributed by atoms with E-state index in [1.807, 2.05) is 35.2 Å². The molecule has 0 bridgehead atoms. The van der Waals surface area contributed by atoms with Crippen molar-refractivity contribution in [2.45, 2.75) is 25.8 Å². The summed E-state index contributed by atoms with van der Waals surface area (Å²) in [5.74, 6) is 1.26. The fourth-order valence-electron chi connectivity index (χ4n) is 5.15. The zero-order valence-electron chi connectivity index (χ0n) is 19.7. The molecule has 3 heterocycles. The van der Waals surface area contributed by atoms with Crippen LogP contribution >= 0.6 is 0 Å². The van der Waals surface area contributed by atoms with Crippen LogP contribution in [0.15, 0.2) is 48.5 Å². The molecule has 34 heavy (non-hydrogen) atoms. The number of hydrogen-bond donors (Lipinski definition) is 1. The monoisotopic (exact) mass is 462 g/mol. The van der Waals surface area contributed by atoms with Gasteiger partial charge in [0, 0.05) is 63.8 Å². The predicted octanol–water partition coefficient (Wildman–Crippen LogP) is 2.62. The first-order valence-corrected chi connectivity index (χ1v) is 12.5. The number of ether oxygens (including phenoxy) is 1. The first kappa shape index (κ1) is 22.9. The summed E-state index contributed by atoms with van der Waals surface area (Å²) in [5, 5.41) is 2.99. The highest BCUT2D eigenvalue weighted by atomic mass is 16.5. The Hall–Kier alpha value is -2.90. The molecule has 0 aliphatic carbocycles. The second-order valence-electron chi connectivity index (χ2n) is 9.60. The molecule has 2 saturated heterocycles. The Morgan fingerprint density at radius 2 is 1.65 bits per heavy atom. The number of amides is 2. The first-order valence-electron chi connectivity index (χ1n) is 12.5. The van der Waals surface area contributed by atoms with Gasteiger partial charge in [-0.05, 0) is 42.2 Å². The van der Waals surface area contributed by atoms with Crippen LogP contribution in [0, 0.1) is 5.92 Å². The molecule has 2 aromatic rings. The minimum absolute atomic E-state index is 0.0291. The van der Waals surface area contributed by atoms with Gasteiger partial charge in [-0.3, -0.25) is 19.4 Å². The number of benzene rings is 2. The summed E-state index contributed by atoms with van der Waals surface area (Å²) >= 11 is 0. The van der Waals surface area contributed by atoms with Crippen LogP contribution in [0.1, 0.15) is 24.0 Å². The lowest BCUT2D eigenvalue weighted by Gasteiger charge is -2.37. The normalized spacial score (nSPS) is 19.5. The highest BCUT2D eigenvalue weighted by Gasteiger charge is 2.29. The van der Waals surface area contributed by atoms with E-state index in [1.54, 1.807) is 0 Å². The summed E-state index contributed by atoms with van der Waals surface area (Å²) in [5.41, 5.74) is 3.49. The highest BCUT2D eigenvalue weighted by Crippen LogP contribution is 2.26. The molecule has 0 saturated carbocycles. The number of rotatable bonds is 6. The largest absolute Gasteiger partial charge is 0.493 e. The zero-order valence-corrected chi connectivity index (χ0v) is 19.7. The van der Waals surface area contributed by atoms with Crippen LogP contribution in [0.3, 0.4) is 0 Å². The first-order chi connectivity index (χ1) is 16.6. The quantitative estimate of drug-likeness (QED) is 0.715. The molecule has 180 valence electrons. The molecule has 2 amide bonds. The minimum atomic E-state index is -0.0291. The molecule has 2 aromatic carbocycles. The van der Waals surface area contributed by atoms with Crippen LogP contribution in [0.2, 0.25) is 0 Å². The smallest absolute Gasteiger partial charge is 0.236 e. The lowest BCUT2D eigenvalue weighted by Crippen LogP contribution is -2.51. The molecule has 1 N–H and O–H groups in total. The van der Waals surface area contributed by atoms with Gasteiger partial charge in [-0.25, -0.2) is 0 Å². The van der Waals surface area contributed by atoms with Crippen molar-refractivity contribution in [1.82, 2.24) is 14.7 Å². The molecule has 0 radical (unpaired) electrons. The van der Waals surface area contributed by atoms with Crippen LogP contribution in [-0.2, 0) is 22.6 Å². The third-order valence-electron chi connectivity index (χ3n) is 7.24. The summed E-state index contributed by atoms with van der Waals surface area (Å²) in [6.45, 7) is 7.32. The van der Waals surface area contributed by atoms with Gasteiger partial charge in [0.1, 0.15) is 5.75 Å². The predicted molar refractivity (Wildman–Crippen MR) is 132 cm³/mol. The van der Waals surface area contributed by atoms with Crippen LogP contribution in [-0.4, -0.2) is 78.9 Å². The van der Waals surface area contributed by atoms with Gasteiger partial charge in [0.2, 0.25) is 11.8 Å². The van der Waals surface area contributed by atoms with Crippen LogP contribution in [0.5, 0.6) is 5.75 Å². The number of piperidine rings is 1. The number of fused-ring (bicyclic) bond motifs is 1. The van der Waals surface area contributed by atoms with Crippen molar-refractivity contribution in [2.24, 2.45) is 5.92 Å². The second kappa shape index (κ2) is 10.6. The van der Waals surface area contributed by atoms with Crippen LogP contribution < -0.4 is 10.1 Å². The standard InChI is InChI=1S/C27H34N4O3/c32-26(31-11-8-22(9-12-31)27(33)28-24-4-2-1-3-5-24)20-30-15-13-29(14-16-30)19-21-6-7-25-23(18-21)10-17-34-25/h1-7,18,22H,8-17,19-20H2,(H,28,33). The second-order valence-corrected chi connectivity index (χ2v) is 9.60. The van der Waals surface area contributed by atoms with E-state index in [-0.39, 0.29) is 17.7 Å². The van der Waals surface area contributed by atoms with E-state index in [1.165, 1.54) is 11.1 Å². The molecule has 0 spiro atoms. The lowest BCUT2D eigenvalue weighted by atomic mass is 9.95. The number of nitrogens with zero attached hydrogens (tertiary/aromatic N) is 3. The third-order valence-corrected chi connectivity index (χ3v) is 7.24. The molecule has 7 nitrogen and oxygen atoms in total. The number of carbonyl (C=O) groups is 2. The van der Waals surface area contributed by atoms with E-state index in [9.17, 15) is 9.59 Å². The Balaban J connectivity index is 1.02. The summed E-state index contributed by atoms with van der Waals surface area (Å²) in [7, 11) is 0. The summed E-state index contributed by atoms with van der Waals surface area (Å²) in [4.78, 5) is 32.1. The number of likely N-dealkylation sites (tertiary alicyclic amines) is 1. The molecule has 7 heteroatoms. The van der Waals surface area contributed by atoms with Crippen molar-refractivity contribution in [3.05, 3.63) is 59.7 Å². The van der Waals surface area contributed by atoms with Crippen molar-refractivity contribution in [2.75, 3.05) is 57.7 Å². The van der Waals surface area contributed by atoms with Gasteiger partial charge in [0.15, 0.2) is 0 Å². The van der Waals surface area contributed by atoms with Crippen molar-refractivity contribution in [3.8, 4) is 5.75 Å². The van der Waals surface area contributed by atoms with E-state index in [0.29, 0.717) is 19.6 Å². The van der Waals surface area contributed by atoms with Gasteiger partial charge in [-0.15, -0.1) is 0 Å². The third kappa shape index (κ3) is 5.59. The van der Waals surface area contributed by atoms with Crippen molar-refractivity contribution >= 4 is 17.5 Å². The maximum absolute atomic E-state index is 12.9. The minimum Gasteiger partial charge on any atom is -0.493 e. The van der Waals surface area contributed by atoms with E-state index in [0.717, 1.165) is 70.0 Å². The number of carbonyl (C=O) groups excluding carboxylic acids is 2. The van der Waals surface area contributed by atoms with Gasteiger partial charge in [0.25, 0.3) is 0 Å². The topological polar surface area (TPSA) is 65.1 Å². The van der Waals surface area contributed by atoms with Crippen molar-refractivity contribution in [1.29, 1.82) is 0 Å². The van der Waals surface area contributed by atoms with Gasteiger partial charge < -0.3 is 15.0 Å². The molecule has 3 aliphatic heterocycles. The Labute approximate surface area is 201 Å². The van der Waals surface area contributed by atoms with E-state index < -0.39 is 0 Å². The van der Waals surface area contributed by atoms with Crippen LogP contribution in [0.25, 0.3) is 0 Å². The number of nitrogens with one attached hydrogen (secondary N) is 1. The average Bonchev–Trinajstić information content (AvgIpc) is 3.34. The molecule has 0 atom stereocenters. The molecular weight excluding hydrogens is 428 g/mol. The Morgan fingerprint density at radius 3 is 2.41 bits per heavy atom. The lowest BCUT2D eigenvalue weighted by molar-refractivity contribution is -0.136. The molecule has 0 unspecified atom stereocenters. The van der Waals surface area contributed by atoms with Crippen LogP contribution in [0.4, 0.5) is 5.69 Å². The molecular formula is C27H34N4O3. The maximum atomic E-state index is 12.9. The highest BCUT2D eigenvalue weighted by molar-refractivity contribution is 5.92. The average molecular weight is 463 g/mol. The number of hydrogen-bond acceptors (Lipinski definition) is 5. The van der Waals surface area contributed by atoms with Gasteiger partial charge in [-0.1, -0.05) is 30.3 Å². The summed E-state index contributed by atoms with van der Waals surface area (Å²) in [6, 6.07) is 16.1. The van der Waals surface area contributed by atoms with Crippen molar-refractivity contribution in [3.63, 3.8) is 0 Å². The van der Waals surface area contributed by atoms with Gasteiger partial charge >= 0.3 is 0 Å². The Morgan fingerprint density at radius 1 is 0.912 bits per heavy atom. The molecule has 5 rings (SSSR count). The zero-order chi connectivity index (χ0) is 23.3. The Kier molecular flexibility index (Phi) is 7.11.